The van der Waals surface area contributed by atoms with Crippen LogP contribution in [-0.4, -0.2) is 6.16 Å². The SMILES string of the molecule is CCCCCc1ccc(C=COC(=O)OC=Cc2ccc(CCCCC)cc2)cc1. The smallest absolute Gasteiger partial charge is 0.403 e. The quantitative estimate of drug-likeness (QED) is 0.204. The molecule has 0 fully saturated rings. The number of carbonyl (C=O) groups excluding carboxylic acids is 1. The molecule has 0 atom stereocenters. The number of hydrogen-bond acceptors (Lipinski definition) is 3. The van der Waals surface area contributed by atoms with Crippen molar-refractivity contribution in [2.45, 2.75) is 65.2 Å². The van der Waals surface area contributed by atoms with Gasteiger partial charge in [0.25, 0.3) is 0 Å². The van der Waals surface area contributed by atoms with Gasteiger partial charge in [0.2, 0.25) is 0 Å². The Balaban J connectivity index is 1.70. The van der Waals surface area contributed by atoms with E-state index in [-0.39, 0.29) is 0 Å². The molecule has 0 aromatic heterocycles. The van der Waals surface area contributed by atoms with Crippen LogP contribution >= 0.6 is 0 Å². The second kappa shape index (κ2) is 14.2. The molecule has 0 amide bonds. The Morgan fingerprint density at radius 1 is 0.667 bits per heavy atom. The molecule has 0 aliphatic heterocycles. The molecule has 160 valence electrons. The van der Waals surface area contributed by atoms with E-state index >= 15 is 0 Å². The first-order chi connectivity index (χ1) is 14.7. The fraction of sp³-hybridized carbons (Fsp3) is 0.370. The van der Waals surface area contributed by atoms with Crippen molar-refractivity contribution in [2.24, 2.45) is 0 Å². The Hall–Kier alpha value is -2.81. The minimum Gasteiger partial charge on any atom is -0.403 e. The lowest BCUT2D eigenvalue weighted by molar-refractivity contribution is 0.121. The maximum Gasteiger partial charge on any atom is 0.518 e. The van der Waals surface area contributed by atoms with Crippen LogP contribution in [0.5, 0.6) is 0 Å². The van der Waals surface area contributed by atoms with Gasteiger partial charge in [-0.2, -0.15) is 0 Å². The fourth-order valence-electron chi connectivity index (χ4n) is 3.11. The summed E-state index contributed by atoms with van der Waals surface area (Å²) >= 11 is 0. The summed E-state index contributed by atoms with van der Waals surface area (Å²) in [5.41, 5.74) is 4.63. The van der Waals surface area contributed by atoms with Crippen molar-refractivity contribution in [1.82, 2.24) is 0 Å². The molecule has 0 aliphatic rings. The zero-order chi connectivity index (χ0) is 21.4. The van der Waals surface area contributed by atoms with Gasteiger partial charge in [-0.15, -0.1) is 0 Å². The van der Waals surface area contributed by atoms with Crippen molar-refractivity contribution in [1.29, 1.82) is 0 Å². The summed E-state index contributed by atoms with van der Waals surface area (Å²) in [6.45, 7) is 4.42. The molecule has 0 radical (unpaired) electrons. The van der Waals surface area contributed by atoms with E-state index in [0.29, 0.717) is 0 Å². The number of unbranched alkanes of at least 4 members (excludes halogenated alkanes) is 4. The van der Waals surface area contributed by atoms with Crippen LogP contribution in [0.4, 0.5) is 4.79 Å². The van der Waals surface area contributed by atoms with Gasteiger partial charge in [0.1, 0.15) is 0 Å². The van der Waals surface area contributed by atoms with Crippen LogP contribution < -0.4 is 0 Å². The van der Waals surface area contributed by atoms with Gasteiger partial charge in [0.15, 0.2) is 0 Å². The maximum atomic E-state index is 11.7. The summed E-state index contributed by atoms with van der Waals surface area (Å²) in [7, 11) is 0. The first-order valence-electron chi connectivity index (χ1n) is 11.1. The van der Waals surface area contributed by atoms with E-state index in [4.69, 9.17) is 9.47 Å². The average Bonchev–Trinajstić information content (AvgIpc) is 2.76. The average molecular weight is 407 g/mol. The highest BCUT2D eigenvalue weighted by Gasteiger charge is 1.99. The van der Waals surface area contributed by atoms with Crippen molar-refractivity contribution in [3.8, 4) is 0 Å². The van der Waals surface area contributed by atoms with Gasteiger partial charge in [0, 0.05) is 0 Å². The molecule has 0 bridgehead atoms. The molecule has 2 aromatic carbocycles. The van der Waals surface area contributed by atoms with Crippen LogP contribution in [0.1, 0.15) is 74.6 Å². The van der Waals surface area contributed by atoms with E-state index in [1.165, 1.54) is 62.2 Å². The van der Waals surface area contributed by atoms with Crippen LogP contribution in [0.3, 0.4) is 0 Å². The Kier molecular flexibility index (Phi) is 11.1. The fourth-order valence-corrected chi connectivity index (χ4v) is 3.11. The minimum atomic E-state index is -0.755. The van der Waals surface area contributed by atoms with Gasteiger partial charge >= 0.3 is 6.16 Å². The first kappa shape index (κ1) is 23.5. The Morgan fingerprint density at radius 3 is 1.43 bits per heavy atom. The maximum absolute atomic E-state index is 11.7. The van der Waals surface area contributed by atoms with E-state index < -0.39 is 6.16 Å². The molecule has 0 aliphatic carbocycles. The summed E-state index contributed by atoms with van der Waals surface area (Å²) in [5, 5.41) is 0. The van der Waals surface area contributed by atoms with Crippen molar-refractivity contribution < 1.29 is 14.3 Å². The highest BCUT2D eigenvalue weighted by Crippen LogP contribution is 2.11. The number of carbonyl (C=O) groups is 1. The predicted octanol–water partition coefficient (Wildman–Crippen LogP) is 7.95. The zero-order valence-electron chi connectivity index (χ0n) is 18.3. The molecular weight excluding hydrogens is 372 g/mol. The lowest BCUT2D eigenvalue weighted by Gasteiger charge is -2.02. The number of benzene rings is 2. The standard InChI is InChI=1S/C27H34O3/c1-3-5-7-9-23-11-15-25(16-12-23)19-21-29-27(28)30-22-20-26-17-13-24(14-18-26)10-8-6-4-2/h11-22H,3-10H2,1-2H3. The Morgan fingerprint density at radius 2 is 1.07 bits per heavy atom. The molecule has 2 aromatic rings. The summed E-state index contributed by atoms with van der Waals surface area (Å²) in [6, 6.07) is 16.6. The molecule has 3 heteroatoms. The van der Waals surface area contributed by atoms with Crippen LogP contribution in [-0.2, 0) is 22.3 Å². The van der Waals surface area contributed by atoms with Crippen LogP contribution in [0, 0.1) is 0 Å². The van der Waals surface area contributed by atoms with Gasteiger partial charge in [0.05, 0.1) is 12.5 Å². The number of hydrogen-bond donors (Lipinski definition) is 0. The van der Waals surface area contributed by atoms with Crippen molar-refractivity contribution in [2.75, 3.05) is 0 Å². The molecule has 0 unspecified atom stereocenters. The largest absolute Gasteiger partial charge is 0.518 e. The topological polar surface area (TPSA) is 35.5 Å². The second-order valence-corrected chi connectivity index (χ2v) is 7.49. The lowest BCUT2D eigenvalue weighted by Crippen LogP contribution is -1.97. The number of aryl methyl sites for hydroxylation is 2. The predicted molar refractivity (Wildman–Crippen MR) is 125 cm³/mol. The molecule has 0 spiro atoms. The van der Waals surface area contributed by atoms with Crippen LogP contribution in [0.25, 0.3) is 12.2 Å². The Labute approximate surface area is 181 Å². The van der Waals surface area contributed by atoms with Crippen molar-refractivity contribution in [3.63, 3.8) is 0 Å². The second-order valence-electron chi connectivity index (χ2n) is 7.49. The summed E-state index contributed by atoms with van der Waals surface area (Å²) in [6.07, 6.45) is 15.1. The minimum absolute atomic E-state index is 0.755. The van der Waals surface area contributed by atoms with Gasteiger partial charge in [-0.25, -0.2) is 4.79 Å². The third-order valence-electron chi connectivity index (χ3n) is 4.95. The van der Waals surface area contributed by atoms with E-state index in [1.807, 2.05) is 24.3 Å². The van der Waals surface area contributed by atoms with Gasteiger partial charge in [-0.3, -0.25) is 0 Å². The third kappa shape index (κ3) is 9.60. The normalized spacial score (nSPS) is 11.3. The van der Waals surface area contributed by atoms with E-state index in [2.05, 4.69) is 38.1 Å². The van der Waals surface area contributed by atoms with Gasteiger partial charge in [-0.05, 0) is 60.1 Å². The summed E-state index contributed by atoms with van der Waals surface area (Å²) < 4.78 is 9.95. The summed E-state index contributed by atoms with van der Waals surface area (Å²) in [4.78, 5) is 11.7. The highest BCUT2D eigenvalue weighted by molar-refractivity contribution is 5.64. The van der Waals surface area contributed by atoms with Crippen LogP contribution in [0.15, 0.2) is 61.1 Å². The molecule has 3 nitrogen and oxygen atoms in total. The monoisotopic (exact) mass is 406 g/mol. The third-order valence-corrected chi connectivity index (χ3v) is 4.95. The number of rotatable bonds is 12. The first-order valence-corrected chi connectivity index (χ1v) is 11.1. The van der Waals surface area contributed by atoms with E-state index in [0.717, 1.165) is 24.0 Å². The van der Waals surface area contributed by atoms with Crippen LogP contribution in [0.2, 0.25) is 0 Å². The van der Waals surface area contributed by atoms with Crippen molar-refractivity contribution >= 4 is 18.3 Å². The molecule has 0 N–H and O–H groups in total. The van der Waals surface area contributed by atoms with E-state index in [9.17, 15) is 4.79 Å². The molecule has 0 saturated carbocycles. The van der Waals surface area contributed by atoms with Crippen molar-refractivity contribution in [3.05, 3.63) is 83.3 Å². The van der Waals surface area contributed by atoms with Gasteiger partial charge < -0.3 is 9.47 Å². The molecular formula is C27H34O3. The lowest BCUT2D eigenvalue weighted by atomic mass is 10.1. The molecule has 0 saturated heterocycles. The molecule has 30 heavy (non-hydrogen) atoms. The summed E-state index contributed by atoms with van der Waals surface area (Å²) in [5.74, 6) is 0. The highest BCUT2D eigenvalue weighted by atomic mass is 16.7. The van der Waals surface area contributed by atoms with E-state index in [1.54, 1.807) is 12.2 Å². The Bertz CT molecular complexity index is 718. The number of ether oxygens (including phenoxy) is 2. The molecule has 0 heterocycles. The van der Waals surface area contributed by atoms with Gasteiger partial charge in [-0.1, -0.05) is 88.1 Å². The zero-order valence-corrected chi connectivity index (χ0v) is 18.3. The molecule has 2 rings (SSSR count).